The van der Waals surface area contributed by atoms with Gasteiger partial charge in [-0.1, -0.05) is 35.9 Å². The van der Waals surface area contributed by atoms with E-state index in [1.54, 1.807) is 66.2 Å². The average Bonchev–Trinajstić information content (AvgIpc) is 2.60. The minimum absolute atomic E-state index is 0.0892. The number of aryl methyl sites for hydroxylation is 1. The molecule has 3 aromatic rings. The number of rotatable bonds is 5. The molecule has 0 aliphatic carbocycles. The molecule has 0 radical (unpaired) electrons. The van der Waals surface area contributed by atoms with Gasteiger partial charge in [0.1, 0.15) is 0 Å². The Balaban J connectivity index is 1.80. The molecular formula is C19H17ClN2O3S. The third-order valence-corrected chi connectivity index (χ3v) is 5.66. The van der Waals surface area contributed by atoms with E-state index in [9.17, 15) is 13.2 Å². The number of anilines is 1. The number of sulfonamides is 1. The van der Waals surface area contributed by atoms with Crippen LogP contribution in [-0.4, -0.2) is 13.0 Å². The van der Waals surface area contributed by atoms with Crippen molar-refractivity contribution in [1.29, 1.82) is 0 Å². The van der Waals surface area contributed by atoms with Crippen molar-refractivity contribution in [3.63, 3.8) is 0 Å². The summed E-state index contributed by atoms with van der Waals surface area (Å²) < 4.78 is 29.3. The Morgan fingerprint density at radius 3 is 2.46 bits per heavy atom. The number of halogens is 1. The lowest BCUT2D eigenvalue weighted by Gasteiger charge is -2.11. The second kappa shape index (κ2) is 7.35. The van der Waals surface area contributed by atoms with Crippen molar-refractivity contribution in [1.82, 2.24) is 4.57 Å². The molecule has 2 aromatic carbocycles. The first-order chi connectivity index (χ1) is 12.3. The van der Waals surface area contributed by atoms with E-state index in [4.69, 9.17) is 11.6 Å². The molecule has 0 atom stereocenters. The van der Waals surface area contributed by atoms with Gasteiger partial charge < -0.3 is 4.57 Å². The number of hydrogen-bond donors (Lipinski definition) is 1. The van der Waals surface area contributed by atoms with E-state index in [1.165, 1.54) is 12.1 Å². The molecule has 3 rings (SSSR count). The Bertz CT molecular complexity index is 1090. The van der Waals surface area contributed by atoms with Gasteiger partial charge >= 0.3 is 0 Å². The molecule has 0 spiro atoms. The summed E-state index contributed by atoms with van der Waals surface area (Å²) in [5, 5.41) is 0.361. The number of benzene rings is 2. The van der Waals surface area contributed by atoms with E-state index in [0.717, 1.165) is 5.56 Å². The van der Waals surface area contributed by atoms with Gasteiger partial charge in [-0.25, -0.2) is 8.42 Å². The van der Waals surface area contributed by atoms with Crippen molar-refractivity contribution in [3.8, 4) is 0 Å². The SMILES string of the molecule is Cc1ccc(Cl)cc1S(=O)(=O)Nc1ccc(Cn2ccccc2=O)cc1. The fourth-order valence-electron chi connectivity index (χ4n) is 2.54. The molecule has 5 nitrogen and oxygen atoms in total. The molecule has 1 aromatic heterocycles. The number of hydrogen-bond acceptors (Lipinski definition) is 3. The Kier molecular flexibility index (Phi) is 5.15. The lowest BCUT2D eigenvalue weighted by molar-refractivity contribution is 0.600. The predicted molar refractivity (Wildman–Crippen MR) is 103 cm³/mol. The lowest BCUT2D eigenvalue weighted by Crippen LogP contribution is -2.18. The van der Waals surface area contributed by atoms with Crippen LogP contribution in [0.3, 0.4) is 0 Å². The summed E-state index contributed by atoms with van der Waals surface area (Å²) in [6, 6.07) is 16.6. The first-order valence-electron chi connectivity index (χ1n) is 7.88. The van der Waals surface area contributed by atoms with Crippen LogP contribution in [0.2, 0.25) is 5.02 Å². The van der Waals surface area contributed by atoms with Gasteiger partial charge in [-0.05, 0) is 48.4 Å². The van der Waals surface area contributed by atoms with Crippen molar-refractivity contribution in [2.24, 2.45) is 0 Å². The quantitative estimate of drug-likeness (QED) is 0.725. The summed E-state index contributed by atoms with van der Waals surface area (Å²) in [7, 11) is -3.73. The molecule has 1 N–H and O–H groups in total. The van der Waals surface area contributed by atoms with Crippen LogP contribution < -0.4 is 10.3 Å². The Morgan fingerprint density at radius 2 is 1.77 bits per heavy atom. The highest BCUT2D eigenvalue weighted by Crippen LogP contribution is 2.23. The minimum atomic E-state index is -3.73. The van der Waals surface area contributed by atoms with Gasteiger partial charge in [0.2, 0.25) is 0 Å². The standard InChI is InChI=1S/C19H17ClN2O3S/c1-14-5-8-16(20)12-18(14)26(24,25)21-17-9-6-15(7-10-17)13-22-11-3-2-4-19(22)23/h2-12,21H,13H2,1H3. The number of aromatic nitrogens is 1. The maximum Gasteiger partial charge on any atom is 0.262 e. The first-order valence-corrected chi connectivity index (χ1v) is 9.75. The van der Waals surface area contributed by atoms with E-state index in [2.05, 4.69) is 4.72 Å². The molecule has 0 saturated carbocycles. The van der Waals surface area contributed by atoms with Crippen LogP contribution in [-0.2, 0) is 16.6 Å². The molecule has 134 valence electrons. The van der Waals surface area contributed by atoms with Crippen LogP contribution in [0.5, 0.6) is 0 Å². The Hall–Kier alpha value is -2.57. The average molecular weight is 389 g/mol. The number of nitrogens with zero attached hydrogens (tertiary/aromatic N) is 1. The van der Waals surface area contributed by atoms with Crippen molar-refractivity contribution < 1.29 is 8.42 Å². The fourth-order valence-corrected chi connectivity index (χ4v) is 4.11. The van der Waals surface area contributed by atoms with E-state index in [1.807, 2.05) is 0 Å². The third-order valence-electron chi connectivity index (χ3n) is 3.90. The zero-order valence-electron chi connectivity index (χ0n) is 14.0. The zero-order chi connectivity index (χ0) is 18.7. The summed E-state index contributed by atoms with van der Waals surface area (Å²) in [5.74, 6) is 0. The van der Waals surface area contributed by atoms with Crippen molar-refractivity contribution >= 4 is 27.3 Å². The molecule has 0 unspecified atom stereocenters. The van der Waals surface area contributed by atoms with E-state index < -0.39 is 10.0 Å². The van der Waals surface area contributed by atoms with Crippen LogP contribution in [0.1, 0.15) is 11.1 Å². The largest absolute Gasteiger partial charge is 0.311 e. The highest BCUT2D eigenvalue weighted by atomic mass is 35.5. The van der Waals surface area contributed by atoms with E-state index in [0.29, 0.717) is 22.8 Å². The second-order valence-corrected chi connectivity index (χ2v) is 7.97. The van der Waals surface area contributed by atoms with Crippen molar-refractivity contribution in [2.75, 3.05) is 4.72 Å². The van der Waals surface area contributed by atoms with Gasteiger partial charge in [0.15, 0.2) is 0 Å². The molecule has 0 aliphatic heterocycles. The van der Waals surface area contributed by atoms with Gasteiger partial charge in [-0.2, -0.15) is 0 Å². The monoisotopic (exact) mass is 388 g/mol. The van der Waals surface area contributed by atoms with Crippen molar-refractivity contribution in [3.05, 3.63) is 93.4 Å². The molecule has 0 saturated heterocycles. The zero-order valence-corrected chi connectivity index (χ0v) is 15.6. The summed E-state index contributed by atoms with van der Waals surface area (Å²) in [6.07, 6.45) is 1.71. The van der Waals surface area contributed by atoms with Crippen LogP contribution >= 0.6 is 11.6 Å². The fraction of sp³-hybridized carbons (Fsp3) is 0.105. The summed E-state index contributed by atoms with van der Waals surface area (Å²) in [6.45, 7) is 2.13. The second-order valence-electron chi connectivity index (χ2n) is 5.88. The molecule has 0 fully saturated rings. The highest BCUT2D eigenvalue weighted by Gasteiger charge is 2.17. The normalized spacial score (nSPS) is 11.3. The highest BCUT2D eigenvalue weighted by molar-refractivity contribution is 7.92. The van der Waals surface area contributed by atoms with Crippen LogP contribution in [0.25, 0.3) is 0 Å². The molecular weight excluding hydrogens is 372 g/mol. The molecule has 0 bridgehead atoms. The summed E-state index contributed by atoms with van der Waals surface area (Å²) >= 11 is 5.92. The molecule has 26 heavy (non-hydrogen) atoms. The maximum absolute atomic E-state index is 12.6. The number of pyridine rings is 1. The topological polar surface area (TPSA) is 68.2 Å². The van der Waals surface area contributed by atoms with E-state index >= 15 is 0 Å². The van der Waals surface area contributed by atoms with E-state index in [-0.39, 0.29) is 10.5 Å². The lowest BCUT2D eigenvalue weighted by atomic mass is 10.2. The van der Waals surface area contributed by atoms with Gasteiger partial charge in [-0.15, -0.1) is 0 Å². The van der Waals surface area contributed by atoms with Gasteiger partial charge in [0.05, 0.1) is 11.4 Å². The maximum atomic E-state index is 12.6. The third kappa shape index (κ3) is 4.15. The summed E-state index contributed by atoms with van der Waals surface area (Å²) in [5.41, 5.74) is 1.85. The summed E-state index contributed by atoms with van der Waals surface area (Å²) in [4.78, 5) is 11.9. The van der Waals surface area contributed by atoms with Crippen LogP contribution in [0.4, 0.5) is 5.69 Å². The predicted octanol–water partition coefficient (Wildman–Crippen LogP) is 3.66. The van der Waals surface area contributed by atoms with Gasteiger partial charge in [0.25, 0.3) is 15.6 Å². The number of nitrogens with one attached hydrogen (secondary N) is 1. The van der Waals surface area contributed by atoms with Gasteiger partial charge in [0, 0.05) is 23.0 Å². The molecule has 0 aliphatic rings. The van der Waals surface area contributed by atoms with Crippen LogP contribution in [0, 0.1) is 6.92 Å². The first kappa shape index (κ1) is 18.2. The molecule has 7 heteroatoms. The molecule has 1 heterocycles. The van der Waals surface area contributed by atoms with Gasteiger partial charge in [-0.3, -0.25) is 9.52 Å². The smallest absolute Gasteiger partial charge is 0.262 e. The van der Waals surface area contributed by atoms with Crippen LogP contribution in [0.15, 0.2) is 76.6 Å². The Morgan fingerprint density at radius 1 is 1.04 bits per heavy atom. The van der Waals surface area contributed by atoms with Crippen molar-refractivity contribution in [2.45, 2.75) is 18.4 Å². The minimum Gasteiger partial charge on any atom is -0.311 e. The molecule has 0 amide bonds. The Labute approximate surface area is 156 Å².